The van der Waals surface area contributed by atoms with Gasteiger partial charge in [0.1, 0.15) is 18.1 Å². The first-order chi connectivity index (χ1) is 9.69. The number of benzene rings is 2. The summed E-state index contributed by atoms with van der Waals surface area (Å²) in [4.78, 5) is 0. The number of methoxy groups -OCH3 is 1. The molecule has 20 heavy (non-hydrogen) atoms. The lowest BCUT2D eigenvalue weighted by atomic mass is 10.1. The van der Waals surface area contributed by atoms with E-state index in [-0.39, 0.29) is 6.04 Å². The second kappa shape index (κ2) is 6.96. The number of ether oxygens (including phenoxy) is 2. The Bertz CT molecular complexity index is 538. The molecule has 0 radical (unpaired) electrons. The molecule has 0 saturated heterocycles. The molecule has 0 aliphatic carbocycles. The number of rotatable bonds is 6. The molecule has 0 saturated carbocycles. The fraction of sp³-hybridized carbons (Fsp3) is 0.294. The van der Waals surface area contributed by atoms with Crippen LogP contribution in [0.25, 0.3) is 0 Å². The van der Waals surface area contributed by atoms with Gasteiger partial charge in [0.15, 0.2) is 0 Å². The van der Waals surface area contributed by atoms with Crippen LogP contribution in [0.1, 0.15) is 18.1 Å². The Morgan fingerprint density at radius 1 is 1.10 bits per heavy atom. The van der Waals surface area contributed by atoms with E-state index in [0.29, 0.717) is 6.61 Å². The zero-order chi connectivity index (χ0) is 14.4. The molecular weight excluding hydrogens is 250 g/mol. The van der Waals surface area contributed by atoms with Crippen molar-refractivity contribution in [2.45, 2.75) is 26.0 Å². The van der Waals surface area contributed by atoms with Crippen LogP contribution < -0.4 is 15.2 Å². The van der Waals surface area contributed by atoms with Crippen LogP contribution in [0.4, 0.5) is 0 Å². The van der Waals surface area contributed by atoms with Crippen molar-refractivity contribution in [2.75, 3.05) is 7.11 Å². The molecule has 0 spiro atoms. The zero-order valence-electron chi connectivity index (χ0n) is 12.0. The fourth-order valence-electron chi connectivity index (χ4n) is 2.05. The summed E-state index contributed by atoms with van der Waals surface area (Å²) in [6.45, 7) is 2.53. The molecule has 2 N–H and O–H groups in total. The summed E-state index contributed by atoms with van der Waals surface area (Å²) in [5.74, 6) is 1.63. The van der Waals surface area contributed by atoms with Crippen LogP contribution in [0.5, 0.6) is 11.5 Å². The minimum absolute atomic E-state index is 0.0995. The largest absolute Gasteiger partial charge is 0.497 e. The zero-order valence-corrected chi connectivity index (χ0v) is 12.0. The summed E-state index contributed by atoms with van der Waals surface area (Å²) in [6.07, 6.45) is 0.786. The molecule has 106 valence electrons. The Kier molecular flexibility index (Phi) is 5.02. The molecule has 1 atom stereocenters. The van der Waals surface area contributed by atoms with E-state index in [2.05, 4.69) is 0 Å². The van der Waals surface area contributed by atoms with Gasteiger partial charge in [0, 0.05) is 12.1 Å². The van der Waals surface area contributed by atoms with Gasteiger partial charge >= 0.3 is 0 Å². The summed E-state index contributed by atoms with van der Waals surface area (Å²) >= 11 is 0. The molecule has 0 bridgehead atoms. The Balaban J connectivity index is 2.15. The number of nitrogens with two attached hydrogens (primary N) is 1. The van der Waals surface area contributed by atoms with Gasteiger partial charge in [-0.3, -0.25) is 0 Å². The molecule has 2 rings (SSSR count). The maximum atomic E-state index is 5.93. The van der Waals surface area contributed by atoms with Crippen LogP contribution in [-0.2, 0) is 13.0 Å². The quantitative estimate of drug-likeness (QED) is 0.877. The predicted octanol–water partition coefficient (Wildman–Crippen LogP) is 3.16. The lowest BCUT2D eigenvalue weighted by Crippen LogP contribution is -2.18. The first-order valence-corrected chi connectivity index (χ1v) is 6.78. The normalized spacial score (nSPS) is 11.9. The maximum absolute atomic E-state index is 5.93. The monoisotopic (exact) mass is 271 g/mol. The van der Waals surface area contributed by atoms with Crippen LogP contribution in [0.3, 0.4) is 0 Å². The SMILES string of the molecule is COc1ccc(CC(C)N)c(OCc2ccccc2)c1. The van der Waals surface area contributed by atoms with E-state index in [1.165, 1.54) is 0 Å². The van der Waals surface area contributed by atoms with Gasteiger partial charge in [-0.25, -0.2) is 0 Å². The fourth-order valence-corrected chi connectivity index (χ4v) is 2.05. The maximum Gasteiger partial charge on any atom is 0.126 e. The predicted molar refractivity (Wildman–Crippen MR) is 81.1 cm³/mol. The van der Waals surface area contributed by atoms with Gasteiger partial charge in [0.25, 0.3) is 0 Å². The van der Waals surface area contributed by atoms with E-state index >= 15 is 0 Å². The van der Waals surface area contributed by atoms with Crippen LogP contribution >= 0.6 is 0 Å². The first-order valence-electron chi connectivity index (χ1n) is 6.78. The first kappa shape index (κ1) is 14.4. The lowest BCUT2D eigenvalue weighted by Gasteiger charge is -2.14. The van der Waals surface area contributed by atoms with E-state index in [0.717, 1.165) is 29.0 Å². The lowest BCUT2D eigenvalue weighted by molar-refractivity contribution is 0.300. The molecule has 0 fully saturated rings. The molecule has 1 unspecified atom stereocenters. The van der Waals surface area contributed by atoms with Gasteiger partial charge in [0.05, 0.1) is 7.11 Å². The molecule has 3 nitrogen and oxygen atoms in total. The summed E-state index contributed by atoms with van der Waals surface area (Å²) < 4.78 is 11.2. The van der Waals surface area contributed by atoms with Crippen LogP contribution in [0.15, 0.2) is 48.5 Å². The molecule has 2 aromatic carbocycles. The van der Waals surface area contributed by atoms with Gasteiger partial charge in [-0.05, 0) is 30.5 Å². The van der Waals surface area contributed by atoms with Crippen molar-refractivity contribution in [3.05, 3.63) is 59.7 Å². The average molecular weight is 271 g/mol. The van der Waals surface area contributed by atoms with Crippen LogP contribution in [0, 0.1) is 0 Å². The van der Waals surface area contributed by atoms with Crippen molar-refractivity contribution in [2.24, 2.45) is 5.73 Å². The number of hydrogen-bond acceptors (Lipinski definition) is 3. The van der Waals surface area contributed by atoms with E-state index < -0.39 is 0 Å². The van der Waals surface area contributed by atoms with Crippen molar-refractivity contribution in [1.82, 2.24) is 0 Å². The standard InChI is InChI=1S/C17H21NO2/c1-13(18)10-15-8-9-16(19-2)11-17(15)20-12-14-6-4-3-5-7-14/h3-9,11,13H,10,12,18H2,1-2H3. The van der Waals surface area contributed by atoms with E-state index in [1.807, 2.05) is 55.5 Å². The molecular formula is C17H21NO2. The Morgan fingerprint density at radius 2 is 1.85 bits per heavy atom. The highest BCUT2D eigenvalue weighted by molar-refractivity contribution is 5.41. The minimum atomic E-state index is 0.0995. The Morgan fingerprint density at radius 3 is 2.50 bits per heavy atom. The summed E-state index contributed by atoms with van der Waals surface area (Å²) in [6, 6.07) is 16.1. The van der Waals surface area contributed by atoms with Crippen LogP contribution in [0.2, 0.25) is 0 Å². The second-order valence-corrected chi connectivity index (χ2v) is 4.93. The van der Waals surface area contributed by atoms with Crippen LogP contribution in [-0.4, -0.2) is 13.2 Å². The molecule has 3 heteroatoms. The van der Waals surface area contributed by atoms with Gasteiger partial charge < -0.3 is 15.2 Å². The van der Waals surface area contributed by atoms with E-state index in [4.69, 9.17) is 15.2 Å². The molecule has 2 aromatic rings. The van der Waals surface area contributed by atoms with Crippen molar-refractivity contribution < 1.29 is 9.47 Å². The van der Waals surface area contributed by atoms with Crippen molar-refractivity contribution in [3.63, 3.8) is 0 Å². The molecule has 0 aliphatic heterocycles. The van der Waals surface area contributed by atoms with E-state index in [1.54, 1.807) is 7.11 Å². The smallest absolute Gasteiger partial charge is 0.126 e. The highest BCUT2D eigenvalue weighted by Crippen LogP contribution is 2.26. The second-order valence-electron chi connectivity index (χ2n) is 4.93. The van der Waals surface area contributed by atoms with E-state index in [9.17, 15) is 0 Å². The van der Waals surface area contributed by atoms with Gasteiger partial charge in [0.2, 0.25) is 0 Å². The van der Waals surface area contributed by atoms with Gasteiger partial charge in [-0.15, -0.1) is 0 Å². The summed E-state index contributed by atoms with van der Waals surface area (Å²) in [5.41, 5.74) is 8.13. The topological polar surface area (TPSA) is 44.5 Å². The Labute approximate surface area is 120 Å². The summed E-state index contributed by atoms with van der Waals surface area (Å²) in [7, 11) is 1.65. The van der Waals surface area contributed by atoms with Crippen molar-refractivity contribution in [3.8, 4) is 11.5 Å². The third kappa shape index (κ3) is 4.00. The molecule has 0 aromatic heterocycles. The molecule has 0 heterocycles. The Hall–Kier alpha value is -2.00. The molecule has 0 amide bonds. The summed E-state index contributed by atoms with van der Waals surface area (Å²) in [5, 5.41) is 0. The van der Waals surface area contributed by atoms with Gasteiger partial charge in [-0.2, -0.15) is 0 Å². The third-order valence-corrected chi connectivity index (χ3v) is 3.05. The van der Waals surface area contributed by atoms with Crippen molar-refractivity contribution in [1.29, 1.82) is 0 Å². The number of hydrogen-bond donors (Lipinski definition) is 1. The highest BCUT2D eigenvalue weighted by atomic mass is 16.5. The van der Waals surface area contributed by atoms with Gasteiger partial charge in [-0.1, -0.05) is 36.4 Å². The third-order valence-electron chi connectivity index (χ3n) is 3.05. The average Bonchev–Trinajstić information content (AvgIpc) is 2.47. The minimum Gasteiger partial charge on any atom is -0.497 e. The van der Waals surface area contributed by atoms with Crippen molar-refractivity contribution >= 4 is 0 Å². The highest BCUT2D eigenvalue weighted by Gasteiger charge is 2.08. The molecule has 0 aliphatic rings.